The van der Waals surface area contributed by atoms with Crippen LogP contribution < -0.4 is 4.90 Å². The number of alkyl halides is 1. The normalized spacial score (nSPS) is 18.7. The molecule has 0 saturated carbocycles. The molecule has 1 unspecified atom stereocenters. The molecule has 0 aromatic heterocycles. The predicted octanol–water partition coefficient (Wildman–Crippen LogP) is 2.93. The van der Waals surface area contributed by atoms with Crippen LogP contribution in [0.4, 0.5) is 14.9 Å². The lowest BCUT2D eigenvalue weighted by molar-refractivity contribution is 0.154. The highest BCUT2D eigenvalue weighted by molar-refractivity contribution is 5.90. The van der Waals surface area contributed by atoms with Crippen molar-refractivity contribution in [2.45, 2.75) is 25.8 Å². The Labute approximate surface area is 100 Å². The number of rotatable bonds is 2. The van der Waals surface area contributed by atoms with Gasteiger partial charge in [0.05, 0.1) is 18.3 Å². The summed E-state index contributed by atoms with van der Waals surface area (Å²) in [6, 6.07) is 7.19. The molecule has 92 valence electrons. The van der Waals surface area contributed by atoms with Gasteiger partial charge in [-0.1, -0.05) is 18.2 Å². The van der Waals surface area contributed by atoms with E-state index in [4.69, 9.17) is 4.74 Å². The van der Waals surface area contributed by atoms with Gasteiger partial charge in [0.2, 0.25) is 0 Å². The average Bonchev–Trinajstić information content (AvgIpc) is 2.37. The predicted molar refractivity (Wildman–Crippen MR) is 64.0 cm³/mol. The van der Waals surface area contributed by atoms with Gasteiger partial charge in [-0.25, -0.2) is 9.18 Å². The maximum Gasteiger partial charge on any atom is 0.414 e. The minimum atomic E-state index is -0.535. The van der Waals surface area contributed by atoms with Crippen molar-refractivity contribution >= 4 is 11.8 Å². The molecular formula is C13H16FNO2. The van der Waals surface area contributed by atoms with Gasteiger partial charge in [0.1, 0.15) is 6.67 Å². The number of anilines is 1. The van der Waals surface area contributed by atoms with Crippen LogP contribution in [0.2, 0.25) is 0 Å². The number of fused-ring (bicyclic) bond motifs is 1. The maximum atomic E-state index is 13.0. The van der Waals surface area contributed by atoms with E-state index in [1.54, 1.807) is 6.92 Å². The molecule has 0 N–H and O–H groups in total. The minimum Gasteiger partial charge on any atom is -0.449 e. The number of benzene rings is 1. The molecule has 4 heteroatoms. The Morgan fingerprint density at radius 1 is 1.53 bits per heavy atom. The lowest BCUT2D eigenvalue weighted by atomic mass is 9.97. The number of carbonyl (C=O) groups excluding carboxylic acids is 1. The van der Waals surface area contributed by atoms with Crippen LogP contribution in [0.25, 0.3) is 0 Å². The van der Waals surface area contributed by atoms with Crippen molar-refractivity contribution in [2.75, 3.05) is 18.2 Å². The Bertz CT molecular complexity index is 408. The molecule has 1 aliphatic heterocycles. The van der Waals surface area contributed by atoms with E-state index in [-0.39, 0.29) is 0 Å². The standard InChI is InChI=1S/C13H16FNO2/c1-2-17-13(16)15-11(9-14)8-7-10-5-3-4-6-12(10)15/h3-6,11H,2,7-9H2,1H3. The fourth-order valence-corrected chi connectivity index (χ4v) is 2.19. The molecule has 0 spiro atoms. The Morgan fingerprint density at radius 2 is 2.29 bits per heavy atom. The molecular weight excluding hydrogens is 221 g/mol. The summed E-state index contributed by atoms with van der Waals surface area (Å²) >= 11 is 0. The average molecular weight is 237 g/mol. The van der Waals surface area contributed by atoms with Crippen LogP contribution in [0, 0.1) is 0 Å². The maximum absolute atomic E-state index is 13.0. The van der Waals surface area contributed by atoms with Crippen molar-refractivity contribution < 1.29 is 13.9 Å². The van der Waals surface area contributed by atoms with E-state index in [1.165, 1.54) is 4.90 Å². The zero-order chi connectivity index (χ0) is 12.3. The summed E-state index contributed by atoms with van der Waals surface area (Å²) in [6.07, 6.45) is 0.995. The summed E-state index contributed by atoms with van der Waals surface area (Å²) in [5.74, 6) is 0. The fraction of sp³-hybridized carbons (Fsp3) is 0.462. The molecule has 1 heterocycles. The molecule has 0 saturated heterocycles. The molecule has 0 fully saturated rings. The molecule has 1 atom stereocenters. The molecule has 0 bridgehead atoms. The molecule has 0 radical (unpaired) electrons. The summed E-state index contributed by atoms with van der Waals surface area (Å²) in [7, 11) is 0. The highest BCUT2D eigenvalue weighted by atomic mass is 19.1. The van der Waals surface area contributed by atoms with Gasteiger partial charge in [-0.05, 0) is 31.4 Å². The minimum absolute atomic E-state index is 0.302. The molecule has 1 amide bonds. The number of para-hydroxylation sites is 1. The number of carbonyl (C=O) groups is 1. The van der Waals surface area contributed by atoms with E-state index in [0.717, 1.165) is 17.7 Å². The quantitative estimate of drug-likeness (QED) is 0.791. The van der Waals surface area contributed by atoms with E-state index in [9.17, 15) is 9.18 Å². The van der Waals surface area contributed by atoms with E-state index in [1.807, 2.05) is 24.3 Å². The number of nitrogens with zero attached hydrogens (tertiary/aromatic N) is 1. The second-order valence-corrected chi connectivity index (χ2v) is 4.04. The van der Waals surface area contributed by atoms with Crippen LogP contribution in [0.5, 0.6) is 0 Å². The van der Waals surface area contributed by atoms with Gasteiger partial charge >= 0.3 is 6.09 Å². The highest BCUT2D eigenvalue weighted by Gasteiger charge is 2.31. The topological polar surface area (TPSA) is 29.5 Å². The summed E-state index contributed by atoms with van der Waals surface area (Å²) < 4.78 is 18.0. The lowest BCUT2D eigenvalue weighted by Gasteiger charge is -2.34. The Hall–Kier alpha value is -1.58. The third-order valence-corrected chi connectivity index (χ3v) is 3.01. The number of hydrogen-bond donors (Lipinski definition) is 0. The molecule has 2 rings (SSSR count). The van der Waals surface area contributed by atoms with Crippen LogP contribution in [0.1, 0.15) is 18.9 Å². The smallest absolute Gasteiger partial charge is 0.414 e. The highest BCUT2D eigenvalue weighted by Crippen LogP contribution is 2.31. The third kappa shape index (κ3) is 2.25. The largest absolute Gasteiger partial charge is 0.449 e. The van der Waals surface area contributed by atoms with Crippen molar-refractivity contribution in [1.82, 2.24) is 0 Å². The van der Waals surface area contributed by atoms with Crippen LogP contribution in [-0.4, -0.2) is 25.4 Å². The van der Waals surface area contributed by atoms with Crippen LogP contribution >= 0.6 is 0 Å². The van der Waals surface area contributed by atoms with Gasteiger partial charge in [0.25, 0.3) is 0 Å². The molecule has 1 aliphatic rings. The number of hydrogen-bond acceptors (Lipinski definition) is 2. The van der Waals surface area contributed by atoms with Crippen molar-refractivity contribution in [3.63, 3.8) is 0 Å². The number of aryl methyl sites for hydroxylation is 1. The van der Waals surface area contributed by atoms with Crippen molar-refractivity contribution in [1.29, 1.82) is 0 Å². The first-order chi connectivity index (χ1) is 8.27. The second kappa shape index (κ2) is 5.17. The molecule has 17 heavy (non-hydrogen) atoms. The van der Waals surface area contributed by atoms with Crippen molar-refractivity contribution in [2.24, 2.45) is 0 Å². The summed E-state index contributed by atoms with van der Waals surface area (Å²) in [5, 5.41) is 0. The summed E-state index contributed by atoms with van der Waals surface area (Å²) in [6.45, 7) is 1.52. The number of ether oxygens (including phenoxy) is 1. The Kier molecular flexibility index (Phi) is 3.61. The SMILES string of the molecule is CCOC(=O)N1c2ccccc2CCC1CF. The molecule has 3 nitrogen and oxygen atoms in total. The van der Waals surface area contributed by atoms with Crippen molar-refractivity contribution in [3.05, 3.63) is 29.8 Å². The van der Waals surface area contributed by atoms with Gasteiger partial charge in [0, 0.05) is 0 Å². The zero-order valence-corrected chi connectivity index (χ0v) is 9.86. The van der Waals surface area contributed by atoms with Gasteiger partial charge in [-0.3, -0.25) is 4.90 Å². The van der Waals surface area contributed by atoms with Crippen LogP contribution in [-0.2, 0) is 11.2 Å². The molecule has 0 aliphatic carbocycles. The van der Waals surface area contributed by atoms with Gasteiger partial charge in [0.15, 0.2) is 0 Å². The van der Waals surface area contributed by atoms with Gasteiger partial charge < -0.3 is 4.74 Å². The van der Waals surface area contributed by atoms with E-state index < -0.39 is 18.8 Å². The first-order valence-electron chi connectivity index (χ1n) is 5.87. The lowest BCUT2D eigenvalue weighted by Crippen LogP contribution is -2.45. The number of amides is 1. The Morgan fingerprint density at radius 3 is 3.00 bits per heavy atom. The van der Waals surface area contributed by atoms with E-state index in [2.05, 4.69) is 0 Å². The van der Waals surface area contributed by atoms with Gasteiger partial charge in [-0.15, -0.1) is 0 Å². The summed E-state index contributed by atoms with van der Waals surface area (Å²) in [5.41, 5.74) is 1.85. The fourth-order valence-electron chi connectivity index (χ4n) is 2.19. The van der Waals surface area contributed by atoms with Crippen LogP contribution in [0.3, 0.4) is 0 Å². The second-order valence-electron chi connectivity index (χ2n) is 4.04. The van der Waals surface area contributed by atoms with Crippen LogP contribution in [0.15, 0.2) is 24.3 Å². The summed E-state index contributed by atoms with van der Waals surface area (Å²) in [4.78, 5) is 13.3. The first kappa shape index (κ1) is 11.9. The monoisotopic (exact) mass is 237 g/mol. The van der Waals surface area contributed by atoms with E-state index in [0.29, 0.717) is 13.0 Å². The zero-order valence-electron chi connectivity index (χ0n) is 9.86. The molecule has 1 aromatic rings. The van der Waals surface area contributed by atoms with Gasteiger partial charge in [-0.2, -0.15) is 0 Å². The van der Waals surface area contributed by atoms with E-state index >= 15 is 0 Å². The Balaban J connectivity index is 2.34. The van der Waals surface area contributed by atoms with Crippen molar-refractivity contribution in [3.8, 4) is 0 Å². The molecule has 1 aromatic carbocycles. The number of halogens is 1. The third-order valence-electron chi connectivity index (χ3n) is 3.01. The first-order valence-corrected chi connectivity index (χ1v) is 5.87.